The first-order chi connectivity index (χ1) is 10.0. The second kappa shape index (κ2) is 6.14. The van der Waals surface area contributed by atoms with Crippen molar-refractivity contribution in [2.75, 3.05) is 0 Å². The Balaban J connectivity index is 2.10. The first kappa shape index (κ1) is 14.7. The maximum Gasteiger partial charge on any atom is 0.251 e. The van der Waals surface area contributed by atoms with E-state index in [1.165, 1.54) is 30.3 Å². The highest BCUT2D eigenvalue weighted by molar-refractivity contribution is 5.94. The number of benzene rings is 2. The molecule has 1 N–H and O–H groups in total. The highest BCUT2D eigenvalue weighted by Gasteiger charge is 2.13. The van der Waals surface area contributed by atoms with Gasteiger partial charge in [0.1, 0.15) is 0 Å². The summed E-state index contributed by atoms with van der Waals surface area (Å²) < 4.78 is 26.0. The standard InChI is InChI=1S/C16H12F2N2O/c1-10(13-6-7-14(17)15(18)8-13)20-16(21)12-4-2-11(9-19)3-5-12/h2-8,10H,1H3,(H,20,21). The smallest absolute Gasteiger partial charge is 0.251 e. The van der Waals surface area contributed by atoms with Gasteiger partial charge in [-0.3, -0.25) is 4.79 Å². The first-order valence-corrected chi connectivity index (χ1v) is 6.27. The van der Waals surface area contributed by atoms with E-state index >= 15 is 0 Å². The second-order valence-corrected chi connectivity index (χ2v) is 4.56. The number of amides is 1. The Bertz CT molecular complexity index is 705. The molecular weight excluding hydrogens is 274 g/mol. The van der Waals surface area contributed by atoms with Crippen LogP contribution in [0.25, 0.3) is 0 Å². The molecule has 0 aliphatic heterocycles. The Morgan fingerprint density at radius 2 is 1.81 bits per heavy atom. The van der Waals surface area contributed by atoms with Gasteiger partial charge in [-0.1, -0.05) is 6.07 Å². The summed E-state index contributed by atoms with van der Waals surface area (Å²) in [6.07, 6.45) is 0. The zero-order chi connectivity index (χ0) is 15.4. The molecule has 0 fully saturated rings. The Morgan fingerprint density at radius 1 is 1.14 bits per heavy atom. The normalized spacial score (nSPS) is 11.5. The van der Waals surface area contributed by atoms with Gasteiger partial charge in [-0.25, -0.2) is 8.78 Å². The summed E-state index contributed by atoms with van der Waals surface area (Å²) in [7, 11) is 0. The van der Waals surface area contributed by atoms with Crippen molar-refractivity contribution in [2.45, 2.75) is 13.0 Å². The van der Waals surface area contributed by atoms with Crippen LogP contribution in [0.15, 0.2) is 42.5 Å². The van der Waals surface area contributed by atoms with Gasteiger partial charge in [-0.2, -0.15) is 5.26 Å². The molecule has 0 spiro atoms. The van der Waals surface area contributed by atoms with Crippen LogP contribution in [-0.4, -0.2) is 5.91 Å². The Kier molecular flexibility index (Phi) is 4.29. The quantitative estimate of drug-likeness (QED) is 0.941. The minimum Gasteiger partial charge on any atom is -0.346 e. The molecule has 1 atom stereocenters. The largest absolute Gasteiger partial charge is 0.346 e. The van der Waals surface area contributed by atoms with Gasteiger partial charge >= 0.3 is 0 Å². The maximum absolute atomic E-state index is 13.2. The van der Waals surface area contributed by atoms with Crippen LogP contribution in [0.4, 0.5) is 8.78 Å². The van der Waals surface area contributed by atoms with Crippen molar-refractivity contribution < 1.29 is 13.6 Å². The van der Waals surface area contributed by atoms with E-state index in [0.29, 0.717) is 16.7 Å². The molecular formula is C16H12F2N2O. The predicted octanol–water partition coefficient (Wildman–Crippen LogP) is 3.33. The molecule has 2 aromatic carbocycles. The molecule has 21 heavy (non-hydrogen) atoms. The topological polar surface area (TPSA) is 52.9 Å². The lowest BCUT2D eigenvalue weighted by molar-refractivity contribution is 0.0940. The Hall–Kier alpha value is -2.74. The van der Waals surface area contributed by atoms with Crippen LogP contribution < -0.4 is 5.32 Å². The molecule has 1 unspecified atom stereocenters. The van der Waals surface area contributed by atoms with E-state index in [0.717, 1.165) is 12.1 Å². The van der Waals surface area contributed by atoms with Crippen LogP contribution in [-0.2, 0) is 0 Å². The van der Waals surface area contributed by atoms with Crippen molar-refractivity contribution in [3.8, 4) is 6.07 Å². The molecule has 0 saturated carbocycles. The minimum atomic E-state index is -0.952. The van der Waals surface area contributed by atoms with Crippen LogP contribution >= 0.6 is 0 Å². The van der Waals surface area contributed by atoms with Gasteiger partial charge in [0, 0.05) is 5.56 Å². The molecule has 5 heteroatoms. The van der Waals surface area contributed by atoms with Crippen molar-refractivity contribution in [1.82, 2.24) is 5.32 Å². The molecule has 3 nitrogen and oxygen atoms in total. The molecule has 2 aromatic rings. The van der Waals surface area contributed by atoms with E-state index in [1.807, 2.05) is 6.07 Å². The first-order valence-electron chi connectivity index (χ1n) is 6.27. The van der Waals surface area contributed by atoms with Gasteiger partial charge in [-0.15, -0.1) is 0 Å². The lowest BCUT2D eigenvalue weighted by Crippen LogP contribution is -2.26. The van der Waals surface area contributed by atoms with E-state index in [2.05, 4.69) is 5.32 Å². The summed E-state index contributed by atoms with van der Waals surface area (Å²) >= 11 is 0. The number of carbonyl (C=O) groups excluding carboxylic acids is 1. The molecule has 0 heterocycles. The summed E-state index contributed by atoms with van der Waals surface area (Å²) in [5.74, 6) is -2.23. The lowest BCUT2D eigenvalue weighted by atomic mass is 10.1. The Labute approximate surface area is 120 Å². The second-order valence-electron chi connectivity index (χ2n) is 4.56. The van der Waals surface area contributed by atoms with Gasteiger partial charge in [0.2, 0.25) is 0 Å². The molecule has 0 aliphatic carbocycles. The van der Waals surface area contributed by atoms with Crippen molar-refractivity contribution in [2.24, 2.45) is 0 Å². The fourth-order valence-corrected chi connectivity index (χ4v) is 1.84. The number of nitriles is 1. The fraction of sp³-hybridized carbons (Fsp3) is 0.125. The number of nitrogens with one attached hydrogen (secondary N) is 1. The monoisotopic (exact) mass is 286 g/mol. The third-order valence-corrected chi connectivity index (χ3v) is 3.07. The molecule has 0 radical (unpaired) electrons. The Morgan fingerprint density at radius 3 is 2.38 bits per heavy atom. The molecule has 1 amide bonds. The average molecular weight is 286 g/mol. The highest BCUT2D eigenvalue weighted by Crippen LogP contribution is 2.16. The van der Waals surface area contributed by atoms with E-state index in [9.17, 15) is 13.6 Å². The van der Waals surface area contributed by atoms with Gasteiger partial charge < -0.3 is 5.32 Å². The zero-order valence-electron chi connectivity index (χ0n) is 11.2. The van der Waals surface area contributed by atoms with Gasteiger partial charge in [0.05, 0.1) is 17.7 Å². The van der Waals surface area contributed by atoms with E-state index in [1.54, 1.807) is 6.92 Å². The molecule has 0 aromatic heterocycles. The number of halogens is 2. The van der Waals surface area contributed by atoms with Crippen LogP contribution in [0.5, 0.6) is 0 Å². The maximum atomic E-state index is 13.2. The highest BCUT2D eigenvalue weighted by atomic mass is 19.2. The van der Waals surface area contributed by atoms with E-state index < -0.39 is 17.7 Å². The molecule has 106 valence electrons. The number of nitrogens with zero attached hydrogens (tertiary/aromatic N) is 1. The fourth-order valence-electron chi connectivity index (χ4n) is 1.84. The number of hydrogen-bond acceptors (Lipinski definition) is 2. The molecule has 0 saturated heterocycles. The van der Waals surface area contributed by atoms with Gasteiger partial charge in [0.15, 0.2) is 11.6 Å². The van der Waals surface area contributed by atoms with E-state index in [4.69, 9.17) is 5.26 Å². The predicted molar refractivity (Wildman–Crippen MR) is 73.4 cm³/mol. The van der Waals surface area contributed by atoms with Crippen molar-refractivity contribution in [3.63, 3.8) is 0 Å². The summed E-state index contributed by atoms with van der Waals surface area (Å²) in [5, 5.41) is 11.4. The van der Waals surface area contributed by atoms with Gasteiger partial charge in [-0.05, 0) is 48.9 Å². The lowest BCUT2D eigenvalue weighted by Gasteiger charge is -2.14. The summed E-state index contributed by atoms with van der Waals surface area (Å²) in [6.45, 7) is 1.67. The SMILES string of the molecule is CC(NC(=O)c1ccc(C#N)cc1)c1ccc(F)c(F)c1. The van der Waals surface area contributed by atoms with Crippen LogP contribution in [0, 0.1) is 23.0 Å². The number of rotatable bonds is 3. The number of hydrogen-bond donors (Lipinski definition) is 1. The van der Waals surface area contributed by atoms with Crippen LogP contribution in [0.3, 0.4) is 0 Å². The van der Waals surface area contributed by atoms with Crippen LogP contribution in [0.1, 0.15) is 34.5 Å². The summed E-state index contributed by atoms with van der Waals surface area (Å²) in [6, 6.07) is 11.1. The van der Waals surface area contributed by atoms with Crippen molar-refractivity contribution in [3.05, 3.63) is 70.8 Å². The summed E-state index contributed by atoms with van der Waals surface area (Å²) in [4.78, 5) is 12.0. The van der Waals surface area contributed by atoms with Crippen molar-refractivity contribution >= 4 is 5.91 Å². The van der Waals surface area contributed by atoms with Crippen LogP contribution in [0.2, 0.25) is 0 Å². The molecule has 0 aliphatic rings. The van der Waals surface area contributed by atoms with Crippen molar-refractivity contribution in [1.29, 1.82) is 5.26 Å². The summed E-state index contributed by atoms with van der Waals surface area (Å²) in [5.41, 5.74) is 1.32. The minimum absolute atomic E-state index is 0.350. The average Bonchev–Trinajstić information content (AvgIpc) is 2.50. The zero-order valence-corrected chi connectivity index (χ0v) is 11.2. The van der Waals surface area contributed by atoms with E-state index in [-0.39, 0.29) is 5.91 Å². The third-order valence-electron chi connectivity index (χ3n) is 3.07. The molecule has 2 rings (SSSR count). The third kappa shape index (κ3) is 3.42. The van der Waals surface area contributed by atoms with Gasteiger partial charge in [0.25, 0.3) is 5.91 Å². The number of carbonyl (C=O) groups is 1. The molecule has 0 bridgehead atoms.